The Kier molecular flexibility index (Phi) is 10.4. The number of benzene rings is 3. The number of hydrogen-bond acceptors (Lipinski definition) is 7. The molecule has 0 saturated carbocycles. The van der Waals surface area contributed by atoms with E-state index in [9.17, 15) is 19.6 Å². The molecule has 0 spiro atoms. The number of piperidine rings is 1. The van der Waals surface area contributed by atoms with Crippen molar-refractivity contribution in [1.29, 1.82) is 5.26 Å². The first-order valence-electron chi connectivity index (χ1n) is 14.4. The van der Waals surface area contributed by atoms with Gasteiger partial charge in [-0.1, -0.05) is 42.2 Å². The summed E-state index contributed by atoms with van der Waals surface area (Å²) in [6, 6.07) is 21.2. The molecular formula is C35H36N4O5. The van der Waals surface area contributed by atoms with Crippen molar-refractivity contribution in [2.24, 2.45) is 0 Å². The lowest BCUT2D eigenvalue weighted by Crippen LogP contribution is -2.37. The second kappa shape index (κ2) is 14.4. The summed E-state index contributed by atoms with van der Waals surface area (Å²) in [5.41, 5.74) is 2.67. The van der Waals surface area contributed by atoms with Gasteiger partial charge in [0, 0.05) is 31.3 Å². The van der Waals surface area contributed by atoms with Crippen molar-refractivity contribution < 1.29 is 23.9 Å². The number of carbonyl (C=O) groups excluding carboxylic acids is 3. The Hall–Kier alpha value is -5.12. The summed E-state index contributed by atoms with van der Waals surface area (Å²) < 4.78 is 11.0. The van der Waals surface area contributed by atoms with Crippen LogP contribution in [0.5, 0.6) is 0 Å². The molecule has 3 aromatic carbocycles. The minimum atomic E-state index is -0.746. The van der Waals surface area contributed by atoms with Crippen LogP contribution < -0.4 is 15.5 Å². The maximum atomic E-state index is 13.2. The molecule has 1 heterocycles. The predicted molar refractivity (Wildman–Crippen MR) is 170 cm³/mol. The van der Waals surface area contributed by atoms with Crippen LogP contribution in [0.3, 0.4) is 0 Å². The highest BCUT2D eigenvalue weighted by Crippen LogP contribution is 2.34. The molecule has 9 heteroatoms. The highest BCUT2D eigenvalue weighted by molar-refractivity contribution is 6.12. The Labute approximate surface area is 258 Å². The van der Waals surface area contributed by atoms with Gasteiger partial charge in [0.05, 0.1) is 46.8 Å². The van der Waals surface area contributed by atoms with E-state index in [1.165, 1.54) is 6.07 Å². The number of amides is 2. The zero-order chi connectivity index (χ0) is 31.7. The van der Waals surface area contributed by atoms with Crippen LogP contribution in [0, 0.1) is 23.2 Å². The third-order valence-corrected chi connectivity index (χ3v) is 6.91. The third-order valence-electron chi connectivity index (χ3n) is 6.91. The smallest absolute Gasteiger partial charge is 0.412 e. The molecule has 4 rings (SSSR count). The maximum Gasteiger partial charge on any atom is 0.412 e. The number of ether oxygens (including phenoxy) is 2. The predicted octanol–water partition coefficient (Wildman–Crippen LogP) is 6.13. The number of anilines is 3. The fourth-order valence-corrected chi connectivity index (χ4v) is 4.77. The van der Waals surface area contributed by atoms with Crippen LogP contribution in [0.2, 0.25) is 0 Å². The lowest BCUT2D eigenvalue weighted by Gasteiger charge is -2.34. The van der Waals surface area contributed by atoms with E-state index in [1.807, 2.05) is 36.4 Å². The number of nitrogens with one attached hydrogen (secondary N) is 2. The standard InChI is InChI=1S/C35H36N4O5/c1-35(2,3)44-34(42)38-30-21-31(39-17-15-28(43-4)16-18-39)26(14-13-24-9-6-5-7-10-24)20-29(30)37-33(41)22-32(40)27-12-8-11-25(19-27)23-36/h5-12,19-21,28H,15-18,22H2,1-4H3,(H,37,41)(H,38,42). The van der Waals surface area contributed by atoms with Crippen molar-refractivity contribution in [2.45, 2.75) is 51.7 Å². The largest absolute Gasteiger partial charge is 0.444 e. The fraction of sp³-hybridized carbons (Fsp3) is 0.314. The van der Waals surface area contributed by atoms with Gasteiger partial charge in [-0.25, -0.2) is 4.79 Å². The number of nitriles is 1. The van der Waals surface area contributed by atoms with Gasteiger partial charge in [-0.05, 0) is 70.0 Å². The second-order valence-electron chi connectivity index (χ2n) is 11.4. The summed E-state index contributed by atoms with van der Waals surface area (Å²) in [5.74, 6) is 5.41. The monoisotopic (exact) mass is 592 g/mol. The van der Waals surface area contributed by atoms with Gasteiger partial charge in [-0.15, -0.1) is 0 Å². The van der Waals surface area contributed by atoms with E-state index in [0.29, 0.717) is 29.9 Å². The molecule has 0 atom stereocenters. The Balaban J connectivity index is 1.71. The van der Waals surface area contributed by atoms with Crippen molar-refractivity contribution in [3.8, 4) is 17.9 Å². The van der Waals surface area contributed by atoms with E-state index >= 15 is 0 Å². The number of rotatable bonds is 7. The highest BCUT2D eigenvalue weighted by Gasteiger charge is 2.24. The Morgan fingerprint density at radius 3 is 2.25 bits per heavy atom. The first-order chi connectivity index (χ1) is 21.0. The molecule has 1 saturated heterocycles. The van der Waals surface area contributed by atoms with Gasteiger partial charge in [0.1, 0.15) is 5.60 Å². The quantitative estimate of drug-likeness (QED) is 0.192. The minimum absolute atomic E-state index is 0.161. The van der Waals surface area contributed by atoms with E-state index in [1.54, 1.807) is 58.2 Å². The van der Waals surface area contributed by atoms with Crippen LogP contribution in [-0.2, 0) is 14.3 Å². The zero-order valence-corrected chi connectivity index (χ0v) is 25.4. The SMILES string of the molecule is COC1CCN(c2cc(NC(=O)OC(C)(C)C)c(NC(=O)CC(=O)c3cccc(C#N)c3)cc2C#Cc2ccccc2)CC1. The van der Waals surface area contributed by atoms with Crippen molar-refractivity contribution in [3.63, 3.8) is 0 Å². The van der Waals surface area contributed by atoms with Crippen LogP contribution in [0.15, 0.2) is 66.7 Å². The summed E-state index contributed by atoms with van der Waals surface area (Å²) >= 11 is 0. The first kappa shape index (κ1) is 31.8. The van der Waals surface area contributed by atoms with E-state index in [4.69, 9.17) is 9.47 Å². The van der Waals surface area contributed by atoms with Crippen molar-refractivity contribution in [1.82, 2.24) is 0 Å². The Morgan fingerprint density at radius 1 is 0.909 bits per heavy atom. The molecule has 0 aromatic heterocycles. The van der Waals surface area contributed by atoms with E-state index in [-0.39, 0.29) is 17.4 Å². The summed E-state index contributed by atoms with van der Waals surface area (Å²) in [5, 5.41) is 14.7. The number of carbonyl (C=O) groups is 3. The van der Waals surface area contributed by atoms with Crippen molar-refractivity contribution in [2.75, 3.05) is 35.7 Å². The van der Waals surface area contributed by atoms with Gasteiger partial charge in [0.25, 0.3) is 0 Å². The van der Waals surface area contributed by atoms with Crippen molar-refractivity contribution >= 4 is 34.8 Å². The van der Waals surface area contributed by atoms with Crippen LogP contribution in [0.1, 0.15) is 67.1 Å². The topological polar surface area (TPSA) is 121 Å². The van der Waals surface area contributed by atoms with E-state index in [2.05, 4.69) is 27.4 Å². The molecule has 9 nitrogen and oxygen atoms in total. The molecule has 1 aliphatic heterocycles. The number of nitrogens with zero attached hydrogens (tertiary/aromatic N) is 2. The third kappa shape index (κ3) is 8.94. The molecule has 226 valence electrons. The van der Waals surface area contributed by atoms with Gasteiger partial charge in [-0.2, -0.15) is 5.26 Å². The minimum Gasteiger partial charge on any atom is -0.444 e. The average molecular weight is 593 g/mol. The lowest BCUT2D eigenvalue weighted by atomic mass is 10.0. The zero-order valence-electron chi connectivity index (χ0n) is 25.4. The molecule has 1 fully saturated rings. The van der Waals surface area contributed by atoms with Gasteiger partial charge < -0.3 is 19.7 Å². The summed E-state index contributed by atoms with van der Waals surface area (Å²) in [6.07, 6.45) is 0.659. The molecule has 0 radical (unpaired) electrons. The summed E-state index contributed by atoms with van der Waals surface area (Å²) in [7, 11) is 1.71. The molecule has 1 aliphatic rings. The maximum absolute atomic E-state index is 13.2. The molecule has 44 heavy (non-hydrogen) atoms. The normalized spacial score (nSPS) is 13.2. The summed E-state index contributed by atoms with van der Waals surface area (Å²) in [4.78, 5) is 41.1. The second-order valence-corrected chi connectivity index (χ2v) is 11.4. The highest BCUT2D eigenvalue weighted by atomic mass is 16.6. The fourth-order valence-electron chi connectivity index (χ4n) is 4.77. The average Bonchev–Trinajstić information content (AvgIpc) is 3.00. The van der Waals surface area contributed by atoms with Crippen LogP contribution >= 0.6 is 0 Å². The molecule has 2 amide bonds. The van der Waals surface area contributed by atoms with Gasteiger partial charge in [0.2, 0.25) is 5.91 Å². The van der Waals surface area contributed by atoms with Crippen LogP contribution in [0.4, 0.5) is 21.9 Å². The molecule has 2 N–H and O–H groups in total. The number of ketones is 1. The van der Waals surface area contributed by atoms with Crippen LogP contribution in [-0.4, -0.2) is 49.7 Å². The van der Waals surface area contributed by atoms with Crippen molar-refractivity contribution in [3.05, 3.63) is 89.0 Å². The van der Waals surface area contributed by atoms with E-state index < -0.39 is 29.8 Å². The number of Topliss-reactive ketones (excluding diaryl/α,β-unsaturated/α-hetero) is 1. The first-order valence-corrected chi connectivity index (χ1v) is 14.4. The molecule has 0 bridgehead atoms. The summed E-state index contributed by atoms with van der Waals surface area (Å²) in [6.45, 7) is 6.71. The Morgan fingerprint density at radius 2 is 1.59 bits per heavy atom. The Bertz CT molecular complexity index is 1620. The lowest BCUT2D eigenvalue weighted by molar-refractivity contribution is -0.115. The van der Waals surface area contributed by atoms with Gasteiger partial charge in [0.15, 0.2) is 5.78 Å². The molecule has 0 unspecified atom stereocenters. The van der Waals surface area contributed by atoms with E-state index in [0.717, 1.165) is 24.1 Å². The number of methoxy groups -OCH3 is 1. The van der Waals surface area contributed by atoms with Gasteiger partial charge >= 0.3 is 6.09 Å². The van der Waals surface area contributed by atoms with Crippen LogP contribution in [0.25, 0.3) is 0 Å². The number of hydrogen-bond donors (Lipinski definition) is 2. The molecule has 0 aliphatic carbocycles. The molecule has 3 aromatic rings. The molecular weight excluding hydrogens is 556 g/mol. The van der Waals surface area contributed by atoms with Gasteiger partial charge in [-0.3, -0.25) is 14.9 Å².